The lowest BCUT2D eigenvalue weighted by Gasteiger charge is -2.36. The molecule has 5 nitrogen and oxygen atoms in total. The molecular formula is C20H26N4O. The van der Waals surface area contributed by atoms with Crippen molar-refractivity contribution >= 4 is 5.82 Å². The highest BCUT2D eigenvalue weighted by atomic mass is 16.3. The lowest BCUT2D eigenvalue weighted by atomic mass is 9.92. The number of aromatic hydroxyl groups is 1. The number of anilines is 1. The number of rotatable bonds is 2. The molecule has 2 aliphatic rings. The van der Waals surface area contributed by atoms with Gasteiger partial charge in [0.25, 0.3) is 0 Å². The van der Waals surface area contributed by atoms with Crippen LogP contribution in [0.5, 0.6) is 5.75 Å². The van der Waals surface area contributed by atoms with Crippen molar-refractivity contribution in [3.8, 4) is 17.0 Å². The number of hydrogen-bond acceptors (Lipinski definition) is 5. The average Bonchev–Trinajstić information content (AvgIpc) is 2.97. The molecule has 4 rings (SSSR count). The van der Waals surface area contributed by atoms with Crippen molar-refractivity contribution < 1.29 is 5.11 Å². The van der Waals surface area contributed by atoms with Gasteiger partial charge in [-0.05, 0) is 75.5 Å². The second-order valence-corrected chi connectivity index (χ2v) is 7.61. The number of aromatic nitrogens is 2. The van der Waals surface area contributed by atoms with Gasteiger partial charge in [-0.3, -0.25) is 0 Å². The smallest absolute Gasteiger partial charge is 0.151 e. The number of likely N-dealkylation sites (tertiary alicyclic amines) is 1. The maximum atomic E-state index is 10.3. The van der Waals surface area contributed by atoms with E-state index in [0.29, 0.717) is 6.04 Å². The normalized spacial score (nSPS) is 23.7. The molecule has 3 heterocycles. The molecule has 0 bridgehead atoms. The van der Waals surface area contributed by atoms with Gasteiger partial charge in [0, 0.05) is 24.7 Å². The van der Waals surface area contributed by atoms with Crippen LogP contribution in [0.3, 0.4) is 0 Å². The van der Waals surface area contributed by atoms with Gasteiger partial charge in [-0.1, -0.05) is 6.07 Å². The lowest BCUT2D eigenvalue weighted by Crippen LogP contribution is -2.47. The highest BCUT2D eigenvalue weighted by molar-refractivity contribution is 5.71. The molecule has 2 aliphatic heterocycles. The van der Waals surface area contributed by atoms with Crippen molar-refractivity contribution in [2.45, 2.75) is 32.7 Å². The van der Waals surface area contributed by atoms with E-state index in [1.165, 1.54) is 19.4 Å². The Labute approximate surface area is 149 Å². The van der Waals surface area contributed by atoms with E-state index in [1.807, 2.05) is 19.9 Å². The van der Waals surface area contributed by atoms with E-state index in [1.54, 1.807) is 6.07 Å². The fourth-order valence-corrected chi connectivity index (χ4v) is 4.47. The van der Waals surface area contributed by atoms with Crippen molar-refractivity contribution in [3.05, 3.63) is 35.4 Å². The summed E-state index contributed by atoms with van der Waals surface area (Å²) in [6.07, 6.45) is 2.53. The first-order valence-electron chi connectivity index (χ1n) is 9.12. The van der Waals surface area contributed by atoms with Crippen molar-refractivity contribution in [1.29, 1.82) is 0 Å². The molecule has 2 atom stereocenters. The Morgan fingerprint density at radius 3 is 2.60 bits per heavy atom. The summed E-state index contributed by atoms with van der Waals surface area (Å²) >= 11 is 0. The summed E-state index contributed by atoms with van der Waals surface area (Å²) in [5.74, 6) is 2.01. The highest BCUT2D eigenvalue weighted by Gasteiger charge is 2.38. The third-order valence-electron chi connectivity index (χ3n) is 5.73. The molecule has 2 unspecified atom stereocenters. The SMILES string of the molecule is Cc1cc(C)c(-c2ccc(N3CCC4CCN(C)CC43)nn2)c(O)c1. The summed E-state index contributed by atoms with van der Waals surface area (Å²) < 4.78 is 0. The summed E-state index contributed by atoms with van der Waals surface area (Å²) in [5.41, 5.74) is 3.58. The minimum Gasteiger partial charge on any atom is -0.507 e. The molecule has 132 valence electrons. The minimum absolute atomic E-state index is 0.273. The van der Waals surface area contributed by atoms with Gasteiger partial charge in [0.05, 0.1) is 5.69 Å². The molecule has 1 aromatic heterocycles. The number of aryl methyl sites for hydroxylation is 2. The summed E-state index contributed by atoms with van der Waals surface area (Å²) in [6.45, 7) is 7.35. The first kappa shape index (κ1) is 16.3. The van der Waals surface area contributed by atoms with Crippen LogP contribution < -0.4 is 4.90 Å². The molecular weight excluding hydrogens is 312 g/mol. The maximum Gasteiger partial charge on any atom is 0.151 e. The fourth-order valence-electron chi connectivity index (χ4n) is 4.47. The van der Waals surface area contributed by atoms with Crippen LogP contribution in [0.4, 0.5) is 5.82 Å². The molecule has 0 radical (unpaired) electrons. The van der Waals surface area contributed by atoms with Crippen molar-refractivity contribution in [1.82, 2.24) is 15.1 Å². The Hall–Kier alpha value is -2.14. The number of likely N-dealkylation sites (N-methyl/N-ethyl adjacent to an activating group) is 1. The van der Waals surface area contributed by atoms with Gasteiger partial charge in [-0.15, -0.1) is 10.2 Å². The van der Waals surface area contributed by atoms with Crippen molar-refractivity contribution in [2.24, 2.45) is 5.92 Å². The quantitative estimate of drug-likeness (QED) is 0.912. The van der Waals surface area contributed by atoms with Crippen LogP contribution >= 0.6 is 0 Å². The predicted octanol–water partition coefficient (Wildman–Crippen LogP) is 3.00. The third kappa shape index (κ3) is 2.97. The minimum atomic E-state index is 0.273. The van der Waals surface area contributed by atoms with Crippen LogP contribution in [0.1, 0.15) is 24.0 Å². The number of phenols is 1. The molecule has 2 saturated heterocycles. The van der Waals surface area contributed by atoms with Gasteiger partial charge in [0.1, 0.15) is 5.75 Å². The average molecular weight is 338 g/mol. The van der Waals surface area contributed by atoms with Gasteiger partial charge in [-0.25, -0.2) is 0 Å². The van der Waals surface area contributed by atoms with E-state index in [-0.39, 0.29) is 5.75 Å². The van der Waals surface area contributed by atoms with Crippen molar-refractivity contribution in [3.63, 3.8) is 0 Å². The summed E-state index contributed by atoms with van der Waals surface area (Å²) in [4.78, 5) is 4.83. The van der Waals surface area contributed by atoms with E-state index < -0.39 is 0 Å². The largest absolute Gasteiger partial charge is 0.507 e. The van der Waals surface area contributed by atoms with Gasteiger partial charge in [0.2, 0.25) is 0 Å². The number of hydrogen-bond donors (Lipinski definition) is 1. The third-order valence-corrected chi connectivity index (χ3v) is 5.73. The Bertz CT molecular complexity index is 751. The number of phenolic OH excluding ortho intramolecular Hbond substituents is 1. The monoisotopic (exact) mass is 338 g/mol. The molecule has 5 heteroatoms. The van der Waals surface area contributed by atoms with Crippen LogP contribution in [-0.4, -0.2) is 52.9 Å². The second-order valence-electron chi connectivity index (χ2n) is 7.61. The zero-order chi connectivity index (χ0) is 17.6. The molecule has 0 amide bonds. The van der Waals surface area contributed by atoms with Gasteiger partial charge >= 0.3 is 0 Å². The number of benzene rings is 1. The molecule has 2 aromatic rings. The van der Waals surface area contributed by atoms with Crippen molar-refractivity contribution in [2.75, 3.05) is 31.6 Å². The Morgan fingerprint density at radius 1 is 1.08 bits per heavy atom. The topological polar surface area (TPSA) is 52.5 Å². The van der Waals surface area contributed by atoms with Gasteiger partial charge < -0.3 is 14.9 Å². The molecule has 0 aliphatic carbocycles. The van der Waals surface area contributed by atoms with E-state index in [9.17, 15) is 5.11 Å². The zero-order valence-electron chi connectivity index (χ0n) is 15.2. The Morgan fingerprint density at radius 2 is 1.88 bits per heavy atom. The standard InChI is InChI=1S/C20H26N4O/c1-13-10-14(2)20(18(25)11-13)16-4-5-19(22-21-16)24-9-7-15-6-8-23(3)12-17(15)24/h4-5,10-11,15,17,25H,6-9,12H2,1-3H3. The summed E-state index contributed by atoms with van der Waals surface area (Å²) in [6, 6.07) is 8.43. The first-order chi connectivity index (χ1) is 12.0. The van der Waals surface area contributed by atoms with Crippen LogP contribution in [0.25, 0.3) is 11.3 Å². The van der Waals surface area contributed by atoms with Crippen LogP contribution in [0, 0.1) is 19.8 Å². The Kier molecular flexibility index (Phi) is 4.12. The lowest BCUT2D eigenvalue weighted by molar-refractivity contribution is 0.207. The maximum absolute atomic E-state index is 10.3. The Balaban J connectivity index is 1.61. The van der Waals surface area contributed by atoms with E-state index in [0.717, 1.165) is 47.2 Å². The van der Waals surface area contributed by atoms with Gasteiger partial charge in [0.15, 0.2) is 5.82 Å². The van der Waals surface area contributed by atoms with E-state index in [2.05, 4.69) is 39.2 Å². The molecule has 1 aromatic carbocycles. The van der Waals surface area contributed by atoms with E-state index >= 15 is 0 Å². The molecule has 1 N–H and O–H groups in total. The van der Waals surface area contributed by atoms with Crippen LogP contribution in [0.2, 0.25) is 0 Å². The molecule has 2 fully saturated rings. The first-order valence-corrected chi connectivity index (χ1v) is 9.12. The predicted molar refractivity (Wildman–Crippen MR) is 100.0 cm³/mol. The number of piperidine rings is 1. The summed E-state index contributed by atoms with van der Waals surface area (Å²) in [5, 5.41) is 19.2. The number of fused-ring (bicyclic) bond motifs is 1. The van der Waals surface area contributed by atoms with E-state index in [4.69, 9.17) is 0 Å². The summed E-state index contributed by atoms with van der Waals surface area (Å²) in [7, 11) is 2.20. The molecule has 25 heavy (non-hydrogen) atoms. The number of nitrogens with zero attached hydrogens (tertiary/aromatic N) is 4. The molecule has 0 saturated carbocycles. The van der Waals surface area contributed by atoms with Crippen LogP contribution in [0.15, 0.2) is 24.3 Å². The highest BCUT2D eigenvalue weighted by Crippen LogP contribution is 2.35. The van der Waals surface area contributed by atoms with Crippen LogP contribution in [-0.2, 0) is 0 Å². The molecule has 0 spiro atoms. The zero-order valence-corrected chi connectivity index (χ0v) is 15.2. The second kappa shape index (κ2) is 6.30. The van der Waals surface area contributed by atoms with Gasteiger partial charge in [-0.2, -0.15) is 0 Å². The fraction of sp³-hybridized carbons (Fsp3) is 0.500.